The molecule has 0 aromatic rings. The van der Waals surface area contributed by atoms with Crippen molar-refractivity contribution in [2.75, 3.05) is 13.2 Å². The first kappa shape index (κ1) is 19.8. The minimum absolute atomic E-state index is 0.603. The van der Waals surface area contributed by atoms with Crippen LogP contribution in [0.5, 0.6) is 0 Å². The number of hydrogen-bond acceptors (Lipinski definition) is 3. The predicted octanol–water partition coefficient (Wildman–Crippen LogP) is 4.61. The van der Waals surface area contributed by atoms with E-state index in [1.165, 1.54) is 48.8 Å². The third kappa shape index (κ3) is 6.07. The average Bonchev–Trinajstić information content (AvgIpc) is 3.13. The van der Waals surface area contributed by atoms with Gasteiger partial charge in [-0.1, -0.05) is 38.7 Å². The maximum atomic E-state index is 5.81. The third-order valence-corrected chi connectivity index (χ3v) is 5.81. The van der Waals surface area contributed by atoms with Crippen LogP contribution in [-0.2, 0) is 0 Å². The Labute approximate surface area is 154 Å². The van der Waals surface area contributed by atoms with Crippen molar-refractivity contribution in [2.45, 2.75) is 59.3 Å². The molecule has 0 amide bonds. The van der Waals surface area contributed by atoms with Gasteiger partial charge in [0.2, 0.25) is 0 Å². The van der Waals surface area contributed by atoms with Crippen LogP contribution >= 0.6 is 0 Å². The van der Waals surface area contributed by atoms with E-state index in [1.807, 2.05) is 12.4 Å². The highest BCUT2D eigenvalue weighted by molar-refractivity contribution is 5.45. The van der Waals surface area contributed by atoms with Gasteiger partial charge in [-0.15, -0.1) is 0 Å². The summed E-state index contributed by atoms with van der Waals surface area (Å²) >= 11 is 0. The first-order chi connectivity index (χ1) is 12.1. The standard InChI is InChI=1S/C22H37N3/c1-17-10-13-24-16-25-14-11-21(17)18(2)15-19(3)22(9-6-12-23)20-7-4-5-8-20/h10-11,13-15,19-20,22,24-25H,4-9,12,16,23H2,1-3H3/b13-10-,14-11-,18-15+,21-17-. The van der Waals surface area contributed by atoms with Crippen LogP contribution in [0.2, 0.25) is 0 Å². The lowest BCUT2D eigenvalue weighted by Crippen LogP contribution is -2.20. The summed E-state index contributed by atoms with van der Waals surface area (Å²) < 4.78 is 0. The topological polar surface area (TPSA) is 50.1 Å². The molecule has 2 atom stereocenters. The van der Waals surface area contributed by atoms with Gasteiger partial charge in [0.15, 0.2) is 0 Å². The maximum Gasteiger partial charge on any atom is 0.0840 e. The largest absolute Gasteiger partial charge is 0.374 e. The molecule has 1 saturated carbocycles. The van der Waals surface area contributed by atoms with E-state index in [0.717, 1.165) is 31.5 Å². The molecule has 1 fully saturated rings. The van der Waals surface area contributed by atoms with Crippen molar-refractivity contribution in [3.63, 3.8) is 0 Å². The summed E-state index contributed by atoms with van der Waals surface area (Å²) in [6.07, 6.45) is 19.0. The highest BCUT2D eigenvalue weighted by atomic mass is 15.0. The Morgan fingerprint density at radius 3 is 2.60 bits per heavy atom. The van der Waals surface area contributed by atoms with E-state index in [9.17, 15) is 0 Å². The Morgan fingerprint density at radius 2 is 1.92 bits per heavy atom. The Hall–Kier alpha value is -1.48. The maximum absolute atomic E-state index is 5.81. The van der Waals surface area contributed by atoms with Gasteiger partial charge in [-0.2, -0.15) is 0 Å². The monoisotopic (exact) mass is 343 g/mol. The van der Waals surface area contributed by atoms with Gasteiger partial charge < -0.3 is 16.4 Å². The molecule has 2 rings (SSSR count). The van der Waals surface area contributed by atoms with Gasteiger partial charge in [0, 0.05) is 0 Å². The van der Waals surface area contributed by atoms with Gasteiger partial charge in [-0.3, -0.25) is 0 Å². The van der Waals surface area contributed by atoms with E-state index in [2.05, 4.69) is 49.6 Å². The van der Waals surface area contributed by atoms with Gasteiger partial charge in [-0.25, -0.2) is 0 Å². The van der Waals surface area contributed by atoms with Crippen LogP contribution < -0.4 is 16.4 Å². The highest BCUT2D eigenvalue weighted by Crippen LogP contribution is 2.39. The first-order valence-electron chi connectivity index (χ1n) is 10.0. The summed E-state index contributed by atoms with van der Waals surface area (Å²) in [6, 6.07) is 0. The molecule has 0 saturated heterocycles. The van der Waals surface area contributed by atoms with E-state index >= 15 is 0 Å². The zero-order valence-corrected chi connectivity index (χ0v) is 16.4. The van der Waals surface area contributed by atoms with Crippen molar-refractivity contribution < 1.29 is 0 Å². The van der Waals surface area contributed by atoms with E-state index < -0.39 is 0 Å². The molecule has 4 N–H and O–H groups in total. The summed E-state index contributed by atoms with van der Waals surface area (Å²) in [5.74, 6) is 2.27. The zero-order chi connectivity index (χ0) is 18.1. The van der Waals surface area contributed by atoms with Crippen LogP contribution in [0.1, 0.15) is 59.3 Å². The molecule has 0 aromatic carbocycles. The lowest BCUT2D eigenvalue weighted by molar-refractivity contribution is 0.256. The molecule has 3 heteroatoms. The molecule has 0 bridgehead atoms. The lowest BCUT2D eigenvalue weighted by atomic mass is 9.77. The molecule has 1 aliphatic carbocycles. The first-order valence-corrected chi connectivity index (χ1v) is 10.0. The smallest absolute Gasteiger partial charge is 0.0840 e. The van der Waals surface area contributed by atoms with Gasteiger partial charge in [0.05, 0.1) is 6.67 Å². The van der Waals surface area contributed by atoms with Crippen LogP contribution in [0.15, 0.2) is 47.3 Å². The predicted molar refractivity (Wildman–Crippen MR) is 109 cm³/mol. The SMILES string of the molecule is CC1=C(/C(C)=C/C(C)C(CCCN)C2CCCC2)\C=C/NCN/C=C\1. The number of rotatable bonds is 7. The number of nitrogens with two attached hydrogens (primary N) is 1. The Bertz CT molecular complexity index is 521. The molecular weight excluding hydrogens is 306 g/mol. The third-order valence-electron chi connectivity index (χ3n) is 5.81. The summed E-state index contributed by atoms with van der Waals surface area (Å²) in [4.78, 5) is 0. The van der Waals surface area contributed by atoms with E-state index in [0.29, 0.717) is 5.92 Å². The normalized spacial score (nSPS) is 27.4. The van der Waals surface area contributed by atoms with Gasteiger partial charge in [0.25, 0.3) is 0 Å². The molecular formula is C22H37N3. The molecule has 0 radical (unpaired) electrons. The fourth-order valence-corrected chi connectivity index (χ4v) is 4.44. The van der Waals surface area contributed by atoms with Gasteiger partial charge in [-0.05, 0) is 92.3 Å². The second-order valence-corrected chi connectivity index (χ2v) is 7.70. The summed E-state index contributed by atoms with van der Waals surface area (Å²) in [5, 5.41) is 6.49. The molecule has 0 spiro atoms. The minimum Gasteiger partial charge on any atom is -0.374 e. The molecule has 1 aliphatic heterocycles. The van der Waals surface area contributed by atoms with Crippen LogP contribution in [-0.4, -0.2) is 13.2 Å². The number of nitrogens with one attached hydrogen (secondary N) is 2. The molecule has 3 nitrogen and oxygen atoms in total. The van der Waals surface area contributed by atoms with Crippen LogP contribution in [0.4, 0.5) is 0 Å². The fourth-order valence-electron chi connectivity index (χ4n) is 4.44. The molecule has 140 valence electrons. The molecule has 1 heterocycles. The highest BCUT2D eigenvalue weighted by Gasteiger charge is 2.28. The molecule has 2 unspecified atom stereocenters. The summed E-state index contributed by atoms with van der Waals surface area (Å²) in [7, 11) is 0. The molecule has 2 aliphatic rings. The Kier molecular flexibility index (Phi) is 8.33. The summed E-state index contributed by atoms with van der Waals surface area (Å²) in [6.45, 7) is 8.43. The van der Waals surface area contributed by atoms with Crippen molar-refractivity contribution >= 4 is 0 Å². The Balaban J connectivity index is 2.18. The van der Waals surface area contributed by atoms with Crippen molar-refractivity contribution in [3.05, 3.63) is 47.3 Å². The van der Waals surface area contributed by atoms with Crippen molar-refractivity contribution in [2.24, 2.45) is 23.5 Å². The number of hydrogen-bond donors (Lipinski definition) is 3. The van der Waals surface area contributed by atoms with E-state index in [4.69, 9.17) is 5.73 Å². The minimum atomic E-state index is 0.603. The molecule has 25 heavy (non-hydrogen) atoms. The second kappa shape index (κ2) is 10.5. The van der Waals surface area contributed by atoms with Gasteiger partial charge in [0.1, 0.15) is 0 Å². The zero-order valence-electron chi connectivity index (χ0n) is 16.4. The van der Waals surface area contributed by atoms with Crippen molar-refractivity contribution in [1.29, 1.82) is 0 Å². The lowest BCUT2D eigenvalue weighted by Gasteiger charge is -2.28. The average molecular weight is 344 g/mol. The van der Waals surface area contributed by atoms with Crippen LogP contribution in [0.3, 0.4) is 0 Å². The second-order valence-electron chi connectivity index (χ2n) is 7.70. The van der Waals surface area contributed by atoms with Gasteiger partial charge >= 0.3 is 0 Å². The van der Waals surface area contributed by atoms with Crippen molar-refractivity contribution in [3.8, 4) is 0 Å². The number of allylic oxidation sites excluding steroid dienone is 6. The van der Waals surface area contributed by atoms with E-state index in [-0.39, 0.29) is 0 Å². The van der Waals surface area contributed by atoms with E-state index in [1.54, 1.807) is 0 Å². The fraction of sp³-hybridized carbons (Fsp3) is 0.636. The van der Waals surface area contributed by atoms with Crippen LogP contribution in [0.25, 0.3) is 0 Å². The molecule has 0 aromatic heterocycles. The Morgan fingerprint density at radius 1 is 1.24 bits per heavy atom. The van der Waals surface area contributed by atoms with Crippen molar-refractivity contribution in [1.82, 2.24) is 10.6 Å². The van der Waals surface area contributed by atoms with Crippen LogP contribution in [0, 0.1) is 17.8 Å². The summed E-state index contributed by atoms with van der Waals surface area (Å²) in [5.41, 5.74) is 9.81. The quantitative estimate of drug-likeness (QED) is 0.633.